The van der Waals surface area contributed by atoms with Gasteiger partial charge in [0.15, 0.2) is 0 Å². The molecule has 2 unspecified atom stereocenters. The fourth-order valence-corrected chi connectivity index (χ4v) is 1.71. The van der Waals surface area contributed by atoms with Gasteiger partial charge in [0, 0.05) is 0 Å². The predicted octanol–water partition coefficient (Wildman–Crippen LogP) is 0.0404. The molecule has 1 aromatic carbocycles. The highest BCUT2D eigenvalue weighted by Crippen LogP contribution is 2.24. The maximum Gasteiger partial charge on any atom is 0.336 e. The molecule has 1 rings (SSSR count). The van der Waals surface area contributed by atoms with Gasteiger partial charge in [-0.3, -0.25) is 4.79 Å². The first-order valence-corrected chi connectivity index (χ1v) is 5.81. The third-order valence-corrected chi connectivity index (χ3v) is 2.82. The number of aliphatic hydroxyl groups excluding tert-OH is 2. The standard InChI is InChI=1S/C13H14O8/c1-21-10(15)5-9(14)11(16)7-3-2-6(12(17)18)4-8(7)13(19)20/h2-4,9,11,14,16H,5H2,1H3,(H,17,18)(H,19,20). The maximum atomic E-state index is 11.1. The van der Waals surface area contributed by atoms with Crippen molar-refractivity contribution in [3.05, 3.63) is 34.9 Å². The third kappa shape index (κ3) is 4.01. The van der Waals surface area contributed by atoms with Crippen LogP contribution in [0, 0.1) is 0 Å². The van der Waals surface area contributed by atoms with Gasteiger partial charge in [0.05, 0.1) is 30.8 Å². The highest BCUT2D eigenvalue weighted by atomic mass is 16.5. The van der Waals surface area contributed by atoms with Crippen molar-refractivity contribution >= 4 is 17.9 Å². The minimum Gasteiger partial charge on any atom is -0.478 e. The van der Waals surface area contributed by atoms with E-state index in [9.17, 15) is 24.6 Å². The van der Waals surface area contributed by atoms with Crippen LogP contribution < -0.4 is 0 Å². The number of hydrogen-bond donors (Lipinski definition) is 4. The highest BCUT2D eigenvalue weighted by molar-refractivity contribution is 5.95. The van der Waals surface area contributed by atoms with Crippen LogP contribution in [0.2, 0.25) is 0 Å². The number of esters is 1. The zero-order valence-electron chi connectivity index (χ0n) is 11.0. The molecule has 0 radical (unpaired) electrons. The first-order chi connectivity index (χ1) is 9.77. The summed E-state index contributed by atoms with van der Waals surface area (Å²) in [5, 5.41) is 37.5. The first kappa shape index (κ1) is 16.6. The summed E-state index contributed by atoms with van der Waals surface area (Å²) in [7, 11) is 1.10. The molecule has 0 aliphatic heterocycles. The molecule has 114 valence electrons. The topological polar surface area (TPSA) is 141 Å². The molecule has 0 saturated carbocycles. The molecule has 0 aliphatic carbocycles. The van der Waals surface area contributed by atoms with E-state index in [1.165, 1.54) is 0 Å². The fourth-order valence-electron chi connectivity index (χ4n) is 1.71. The molecular formula is C13H14O8. The molecule has 0 heterocycles. The van der Waals surface area contributed by atoms with Gasteiger partial charge >= 0.3 is 17.9 Å². The van der Waals surface area contributed by atoms with Crippen LogP contribution in [0.1, 0.15) is 38.8 Å². The zero-order chi connectivity index (χ0) is 16.2. The number of aliphatic hydroxyl groups is 2. The molecule has 4 N–H and O–H groups in total. The van der Waals surface area contributed by atoms with E-state index in [1.54, 1.807) is 0 Å². The Kier molecular flexibility index (Phi) is 5.39. The van der Waals surface area contributed by atoms with Crippen molar-refractivity contribution in [1.82, 2.24) is 0 Å². The van der Waals surface area contributed by atoms with E-state index < -0.39 is 42.1 Å². The Balaban J connectivity index is 3.13. The summed E-state index contributed by atoms with van der Waals surface area (Å²) in [5.74, 6) is -3.56. The second-order valence-corrected chi connectivity index (χ2v) is 4.20. The normalized spacial score (nSPS) is 13.3. The van der Waals surface area contributed by atoms with Gasteiger partial charge in [0.25, 0.3) is 0 Å². The molecule has 8 heteroatoms. The van der Waals surface area contributed by atoms with Crippen molar-refractivity contribution in [2.24, 2.45) is 0 Å². The lowest BCUT2D eigenvalue weighted by atomic mass is 9.95. The largest absolute Gasteiger partial charge is 0.478 e. The van der Waals surface area contributed by atoms with E-state index in [0.717, 1.165) is 25.3 Å². The average molecular weight is 298 g/mol. The monoisotopic (exact) mass is 298 g/mol. The van der Waals surface area contributed by atoms with E-state index in [2.05, 4.69) is 4.74 Å². The van der Waals surface area contributed by atoms with Crippen LogP contribution in [0.5, 0.6) is 0 Å². The third-order valence-electron chi connectivity index (χ3n) is 2.82. The highest BCUT2D eigenvalue weighted by Gasteiger charge is 2.26. The first-order valence-electron chi connectivity index (χ1n) is 5.81. The quantitative estimate of drug-likeness (QED) is 0.539. The Hall–Kier alpha value is -2.45. The van der Waals surface area contributed by atoms with Gasteiger partial charge in [0.1, 0.15) is 6.10 Å². The molecular weight excluding hydrogens is 284 g/mol. The molecule has 21 heavy (non-hydrogen) atoms. The van der Waals surface area contributed by atoms with E-state index in [0.29, 0.717) is 0 Å². The lowest BCUT2D eigenvalue weighted by Crippen LogP contribution is -2.24. The molecule has 0 bridgehead atoms. The SMILES string of the molecule is COC(=O)CC(O)C(O)c1ccc(C(=O)O)cc1C(=O)O. The predicted molar refractivity (Wildman–Crippen MR) is 68.0 cm³/mol. The van der Waals surface area contributed by atoms with Gasteiger partial charge in [0.2, 0.25) is 0 Å². The number of methoxy groups -OCH3 is 1. The van der Waals surface area contributed by atoms with Crippen LogP contribution in [0.4, 0.5) is 0 Å². The molecule has 1 aromatic rings. The van der Waals surface area contributed by atoms with E-state index in [-0.39, 0.29) is 11.1 Å². The number of hydrogen-bond acceptors (Lipinski definition) is 6. The molecule has 0 amide bonds. The number of aromatic carboxylic acids is 2. The summed E-state index contributed by atoms with van der Waals surface area (Å²) >= 11 is 0. The number of carbonyl (C=O) groups excluding carboxylic acids is 1. The minimum atomic E-state index is -1.67. The van der Waals surface area contributed by atoms with E-state index >= 15 is 0 Å². The van der Waals surface area contributed by atoms with Gasteiger partial charge in [-0.2, -0.15) is 0 Å². The summed E-state index contributed by atoms with van der Waals surface area (Å²) in [6.07, 6.45) is -3.78. The van der Waals surface area contributed by atoms with Gasteiger partial charge < -0.3 is 25.2 Å². The number of rotatable bonds is 6. The molecule has 0 saturated heterocycles. The lowest BCUT2D eigenvalue weighted by Gasteiger charge is -2.19. The van der Waals surface area contributed by atoms with Crippen molar-refractivity contribution in [2.75, 3.05) is 7.11 Å². The summed E-state index contributed by atoms with van der Waals surface area (Å²) < 4.78 is 4.33. The molecule has 0 fully saturated rings. The van der Waals surface area contributed by atoms with Crippen molar-refractivity contribution in [2.45, 2.75) is 18.6 Å². The van der Waals surface area contributed by atoms with Gasteiger partial charge in [-0.15, -0.1) is 0 Å². The van der Waals surface area contributed by atoms with Crippen LogP contribution in [-0.2, 0) is 9.53 Å². The summed E-state index contributed by atoms with van der Waals surface area (Å²) in [6.45, 7) is 0. The van der Waals surface area contributed by atoms with Gasteiger partial charge in [-0.25, -0.2) is 9.59 Å². The second-order valence-electron chi connectivity index (χ2n) is 4.20. The van der Waals surface area contributed by atoms with Crippen molar-refractivity contribution in [3.63, 3.8) is 0 Å². The van der Waals surface area contributed by atoms with Crippen molar-refractivity contribution < 1.29 is 39.5 Å². The molecule has 8 nitrogen and oxygen atoms in total. The molecule has 0 aliphatic rings. The number of benzene rings is 1. The zero-order valence-corrected chi connectivity index (χ0v) is 11.0. The van der Waals surface area contributed by atoms with Crippen LogP contribution in [0.15, 0.2) is 18.2 Å². The minimum absolute atomic E-state index is 0.191. The molecule has 0 aromatic heterocycles. The van der Waals surface area contributed by atoms with Crippen LogP contribution in [-0.4, -0.2) is 51.5 Å². The van der Waals surface area contributed by atoms with Crippen molar-refractivity contribution in [3.8, 4) is 0 Å². The summed E-state index contributed by atoms with van der Waals surface area (Å²) in [5.41, 5.74) is -0.930. The van der Waals surface area contributed by atoms with Gasteiger partial charge in [-0.1, -0.05) is 6.07 Å². The maximum absolute atomic E-state index is 11.1. The number of ether oxygens (including phenoxy) is 1. The van der Waals surface area contributed by atoms with Crippen LogP contribution in [0.25, 0.3) is 0 Å². The molecule has 0 spiro atoms. The Morgan fingerprint density at radius 3 is 2.24 bits per heavy atom. The summed E-state index contributed by atoms with van der Waals surface area (Å²) in [4.78, 5) is 33.0. The van der Waals surface area contributed by atoms with Gasteiger partial charge in [-0.05, 0) is 17.7 Å². The van der Waals surface area contributed by atoms with E-state index in [4.69, 9.17) is 10.2 Å². The summed E-state index contributed by atoms with van der Waals surface area (Å²) in [6, 6.07) is 3.05. The molecule has 2 atom stereocenters. The lowest BCUT2D eigenvalue weighted by molar-refractivity contribution is -0.144. The Morgan fingerprint density at radius 2 is 1.76 bits per heavy atom. The number of carbonyl (C=O) groups is 3. The second kappa shape index (κ2) is 6.82. The van der Waals surface area contributed by atoms with Crippen molar-refractivity contribution in [1.29, 1.82) is 0 Å². The van der Waals surface area contributed by atoms with E-state index in [1.807, 2.05) is 0 Å². The Morgan fingerprint density at radius 1 is 1.14 bits per heavy atom. The number of carboxylic acid groups (broad SMARTS) is 2. The fraction of sp³-hybridized carbons (Fsp3) is 0.308. The number of carboxylic acids is 2. The Labute approximate surface area is 119 Å². The van der Waals surface area contributed by atoms with Crippen LogP contribution in [0.3, 0.4) is 0 Å². The smallest absolute Gasteiger partial charge is 0.336 e. The Bertz CT molecular complexity index is 565. The average Bonchev–Trinajstić information content (AvgIpc) is 2.45. The van der Waals surface area contributed by atoms with Crippen LogP contribution >= 0.6 is 0 Å².